The first-order chi connectivity index (χ1) is 7.75. The maximum absolute atomic E-state index is 5.91. The van der Waals surface area contributed by atoms with Gasteiger partial charge in [0.1, 0.15) is 0 Å². The van der Waals surface area contributed by atoms with Gasteiger partial charge in [-0.1, -0.05) is 11.6 Å². The normalized spacial score (nSPS) is 10.6. The molecule has 0 unspecified atom stereocenters. The molecule has 84 valence electrons. The second kappa shape index (κ2) is 5.27. The first-order valence-corrected chi connectivity index (χ1v) is 6.27. The van der Waals surface area contributed by atoms with E-state index in [1.54, 1.807) is 24.0 Å². The third-order valence-corrected chi connectivity index (χ3v) is 3.40. The third kappa shape index (κ3) is 2.93. The summed E-state index contributed by atoms with van der Waals surface area (Å²) in [6, 6.07) is 7.44. The number of aromatic nitrogens is 2. The summed E-state index contributed by atoms with van der Waals surface area (Å²) in [5.41, 5.74) is 6.62. The Hall–Kier alpha value is -1.13. The molecule has 0 saturated carbocycles. The van der Waals surface area contributed by atoms with Gasteiger partial charge < -0.3 is 5.73 Å². The molecule has 0 amide bonds. The Morgan fingerprint density at radius 3 is 3.06 bits per heavy atom. The van der Waals surface area contributed by atoms with Crippen LogP contribution in [0.1, 0.15) is 0 Å². The summed E-state index contributed by atoms with van der Waals surface area (Å²) in [5.74, 6) is 0.923. The number of rotatable bonds is 4. The molecule has 3 nitrogen and oxygen atoms in total. The van der Waals surface area contributed by atoms with Crippen LogP contribution in [0.2, 0.25) is 5.02 Å². The number of thioether (sulfide) groups is 1. The fourth-order valence-corrected chi connectivity index (χ4v) is 2.50. The van der Waals surface area contributed by atoms with Crippen molar-refractivity contribution in [2.45, 2.75) is 11.4 Å². The second-order valence-corrected chi connectivity index (χ2v) is 4.87. The molecule has 0 aliphatic rings. The highest BCUT2D eigenvalue weighted by Crippen LogP contribution is 2.27. The van der Waals surface area contributed by atoms with Gasteiger partial charge in [-0.3, -0.25) is 4.68 Å². The minimum absolute atomic E-state index is 0.718. The van der Waals surface area contributed by atoms with Crippen LogP contribution in [-0.2, 0) is 6.54 Å². The minimum Gasteiger partial charge on any atom is -0.398 e. The van der Waals surface area contributed by atoms with Crippen molar-refractivity contribution >= 4 is 29.1 Å². The molecule has 0 aliphatic carbocycles. The van der Waals surface area contributed by atoms with Crippen molar-refractivity contribution in [1.29, 1.82) is 0 Å². The molecule has 1 heterocycles. The predicted octanol–water partition coefficient (Wildman–Crippen LogP) is 2.91. The van der Waals surface area contributed by atoms with E-state index >= 15 is 0 Å². The minimum atomic E-state index is 0.718. The molecule has 5 heteroatoms. The maximum Gasteiger partial charge on any atom is 0.0503 e. The molecule has 0 bridgehead atoms. The van der Waals surface area contributed by atoms with Gasteiger partial charge in [0.05, 0.1) is 6.54 Å². The number of aryl methyl sites for hydroxylation is 1. The predicted molar refractivity (Wildman–Crippen MR) is 68.8 cm³/mol. The van der Waals surface area contributed by atoms with Gasteiger partial charge in [-0.15, -0.1) is 11.8 Å². The zero-order valence-electron chi connectivity index (χ0n) is 8.64. The van der Waals surface area contributed by atoms with Gasteiger partial charge in [0.25, 0.3) is 0 Å². The topological polar surface area (TPSA) is 43.8 Å². The molecule has 16 heavy (non-hydrogen) atoms. The number of nitrogens with two attached hydrogens (primary N) is 1. The van der Waals surface area contributed by atoms with Crippen LogP contribution in [0.4, 0.5) is 5.69 Å². The molecule has 0 spiro atoms. The molecule has 2 rings (SSSR count). The van der Waals surface area contributed by atoms with Gasteiger partial charge in [-0.2, -0.15) is 5.10 Å². The first kappa shape index (κ1) is 11.4. The summed E-state index contributed by atoms with van der Waals surface area (Å²) in [7, 11) is 0. The van der Waals surface area contributed by atoms with Crippen molar-refractivity contribution in [3.63, 3.8) is 0 Å². The number of anilines is 1. The van der Waals surface area contributed by atoms with E-state index in [0.717, 1.165) is 27.9 Å². The van der Waals surface area contributed by atoms with E-state index < -0.39 is 0 Å². The number of halogens is 1. The number of nitrogen functional groups attached to an aromatic ring is 1. The summed E-state index contributed by atoms with van der Waals surface area (Å²) in [6.45, 7) is 0.865. The zero-order valence-corrected chi connectivity index (χ0v) is 10.2. The summed E-state index contributed by atoms with van der Waals surface area (Å²) in [4.78, 5) is 1.03. The lowest BCUT2D eigenvalue weighted by Gasteiger charge is -2.05. The SMILES string of the molecule is Nc1ccc(Cl)cc1SCCn1cccn1. The molecule has 0 saturated heterocycles. The van der Waals surface area contributed by atoms with Crippen molar-refractivity contribution in [3.8, 4) is 0 Å². The van der Waals surface area contributed by atoms with Gasteiger partial charge in [0.2, 0.25) is 0 Å². The Bertz CT molecular complexity index is 456. The number of hydrogen-bond acceptors (Lipinski definition) is 3. The van der Waals surface area contributed by atoms with Gasteiger partial charge in [-0.05, 0) is 24.3 Å². The molecule has 0 aliphatic heterocycles. The summed E-state index contributed by atoms with van der Waals surface area (Å²) < 4.78 is 1.90. The standard InChI is InChI=1S/C11H12ClN3S/c12-9-2-3-10(13)11(8-9)16-7-6-15-5-1-4-14-15/h1-5,8H,6-7,13H2. The lowest BCUT2D eigenvalue weighted by Crippen LogP contribution is -2.00. The van der Waals surface area contributed by atoms with Crippen LogP contribution in [-0.4, -0.2) is 15.5 Å². The van der Waals surface area contributed by atoms with Gasteiger partial charge in [-0.25, -0.2) is 0 Å². The average molecular weight is 254 g/mol. The Labute approximate surface area is 104 Å². The Morgan fingerprint density at radius 2 is 2.31 bits per heavy atom. The molecule has 0 radical (unpaired) electrons. The van der Waals surface area contributed by atoms with Gasteiger partial charge >= 0.3 is 0 Å². The quantitative estimate of drug-likeness (QED) is 0.673. The Morgan fingerprint density at radius 1 is 1.44 bits per heavy atom. The van der Waals surface area contributed by atoms with Crippen molar-refractivity contribution < 1.29 is 0 Å². The Kier molecular flexibility index (Phi) is 3.74. The average Bonchev–Trinajstić information content (AvgIpc) is 2.76. The molecule has 1 aromatic carbocycles. The number of benzene rings is 1. The van der Waals surface area contributed by atoms with E-state index in [1.165, 1.54) is 0 Å². The van der Waals surface area contributed by atoms with Crippen molar-refractivity contribution in [2.24, 2.45) is 0 Å². The van der Waals surface area contributed by atoms with E-state index in [9.17, 15) is 0 Å². The lowest BCUT2D eigenvalue weighted by atomic mass is 10.3. The summed E-state index contributed by atoms with van der Waals surface area (Å²) >= 11 is 7.60. The third-order valence-electron chi connectivity index (χ3n) is 2.11. The number of hydrogen-bond donors (Lipinski definition) is 1. The van der Waals surface area contributed by atoms with Crippen LogP contribution < -0.4 is 5.73 Å². The van der Waals surface area contributed by atoms with E-state index in [-0.39, 0.29) is 0 Å². The molecule has 0 fully saturated rings. The molecular weight excluding hydrogens is 242 g/mol. The van der Waals surface area contributed by atoms with Crippen molar-refractivity contribution in [3.05, 3.63) is 41.7 Å². The highest BCUT2D eigenvalue weighted by atomic mass is 35.5. The van der Waals surface area contributed by atoms with Crippen LogP contribution in [0.25, 0.3) is 0 Å². The van der Waals surface area contributed by atoms with Crippen LogP contribution in [0.3, 0.4) is 0 Å². The first-order valence-electron chi connectivity index (χ1n) is 4.91. The number of nitrogens with zero attached hydrogens (tertiary/aromatic N) is 2. The largest absolute Gasteiger partial charge is 0.398 e. The maximum atomic E-state index is 5.91. The van der Waals surface area contributed by atoms with E-state index in [4.69, 9.17) is 17.3 Å². The molecule has 0 atom stereocenters. The fourth-order valence-electron chi connectivity index (χ4n) is 1.32. The summed E-state index contributed by atoms with van der Waals surface area (Å²) in [5, 5.41) is 4.85. The van der Waals surface area contributed by atoms with Crippen LogP contribution in [0.5, 0.6) is 0 Å². The van der Waals surface area contributed by atoms with Gasteiger partial charge in [0, 0.05) is 33.8 Å². The van der Waals surface area contributed by atoms with Crippen molar-refractivity contribution in [2.75, 3.05) is 11.5 Å². The smallest absolute Gasteiger partial charge is 0.0503 e. The second-order valence-electron chi connectivity index (χ2n) is 3.30. The van der Waals surface area contributed by atoms with E-state index in [1.807, 2.05) is 29.1 Å². The monoisotopic (exact) mass is 253 g/mol. The fraction of sp³-hybridized carbons (Fsp3) is 0.182. The zero-order chi connectivity index (χ0) is 11.4. The highest BCUT2D eigenvalue weighted by Gasteiger charge is 2.01. The van der Waals surface area contributed by atoms with Crippen LogP contribution >= 0.6 is 23.4 Å². The summed E-state index contributed by atoms with van der Waals surface area (Å²) in [6.07, 6.45) is 3.72. The van der Waals surface area contributed by atoms with Crippen molar-refractivity contribution in [1.82, 2.24) is 9.78 Å². The lowest BCUT2D eigenvalue weighted by molar-refractivity contribution is 0.666. The molecular formula is C11H12ClN3S. The van der Waals surface area contributed by atoms with E-state index in [2.05, 4.69) is 5.10 Å². The molecule has 2 N–H and O–H groups in total. The van der Waals surface area contributed by atoms with Gasteiger partial charge in [0.15, 0.2) is 0 Å². The molecule has 2 aromatic rings. The highest BCUT2D eigenvalue weighted by molar-refractivity contribution is 7.99. The molecule has 1 aromatic heterocycles. The van der Waals surface area contributed by atoms with Crippen LogP contribution in [0, 0.1) is 0 Å². The van der Waals surface area contributed by atoms with Crippen LogP contribution in [0.15, 0.2) is 41.6 Å². The Balaban J connectivity index is 1.92. The van der Waals surface area contributed by atoms with E-state index in [0.29, 0.717) is 0 Å².